The Bertz CT molecular complexity index is 831. The second kappa shape index (κ2) is 7.42. The summed E-state index contributed by atoms with van der Waals surface area (Å²) in [5.41, 5.74) is 0.941. The van der Waals surface area contributed by atoms with Gasteiger partial charge in [0.05, 0.1) is 27.7 Å². The van der Waals surface area contributed by atoms with Gasteiger partial charge in [0.1, 0.15) is 6.54 Å². The quantitative estimate of drug-likeness (QED) is 0.734. The topological polar surface area (TPSA) is 63.7 Å². The molecule has 24 heavy (non-hydrogen) atoms. The fourth-order valence-corrected chi connectivity index (χ4v) is 4.18. The Morgan fingerprint density at radius 2 is 1.62 bits per heavy atom. The Hall–Kier alpha value is -1.76. The number of hydrogen-bond acceptors (Lipinski definition) is 4. The highest BCUT2D eigenvalue weighted by molar-refractivity contribution is 7.92. The average molecular weight is 388 g/mol. The molecule has 5 nitrogen and oxygen atoms in total. The van der Waals surface area contributed by atoms with Crippen molar-refractivity contribution in [3.05, 3.63) is 58.1 Å². The Kier molecular flexibility index (Phi) is 5.74. The first-order valence-electron chi connectivity index (χ1n) is 6.87. The lowest BCUT2D eigenvalue weighted by atomic mass is 10.2. The number of esters is 1. The normalized spacial score (nSPS) is 11.2. The van der Waals surface area contributed by atoms with Crippen LogP contribution in [0.2, 0.25) is 10.0 Å². The molecule has 2 aromatic rings. The smallest absolute Gasteiger partial charge is 0.326 e. The third-order valence-corrected chi connectivity index (χ3v) is 5.67. The maximum absolute atomic E-state index is 13.0. The second-order valence-electron chi connectivity index (χ2n) is 4.97. The maximum Gasteiger partial charge on any atom is 0.326 e. The number of benzene rings is 2. The van der Waals surface area contributed by atoms with Gasteiger partial charge in [-0.3, -0.25) is 9.10 Å². The first-order chi connectivity index (χ1) is 11.3. The fourth-order valence-electron chi connectivity index (χ4n) is 2.03. The molecule has 0 spiro atoms. The number of hydrogen-bond donors (Lipinski definition) is 0. The minimum atomic E-state index is -4.06. The number of sulfonamides is 1. The van der Waals surface area contributed by atoms with Crippen LogP contribution < -0.4 is 4.31 Å². The highest BCUT2D eigenvalue weighted by Gasteiger charge is 2.30. The molecule has 0 heterocycles. The maximum atomic E-state index is 13.0. The van der Waals surface area contributed by atoms with E-state index in [1.807, 2.05) is 6.92 Å². The molecule has 0 aliphatic heterocycles. The van der Waals surface area contributed by atoms with Gasteiger partial charge in [-0.15, -0.1) is 0 Å². The number of rotatable bonds is 5. The summed E-state index contributed by atoms with van der Waals surface area (Å²) in [7, 11) is -2.88. The zero-order chi connectivity index (χ0) is 17.9. The molecular weight excluding hydrogens is 373 g/mol. The SMILES string of the molecule is COC(=O)CN(c1c(Cl)cccc1Cl)S(=O)(=O)c1ccc(C)cc1. The molecular formula is C16H15Cl2NO4S. The summed E-state index contributed by atoms with van der Waals surface area (Å²) in [6.07, 6.45) is 0. The molecule has 0 atom stereocenters. The van der Waals surface area contributed by atoms with Gasteiger partial charge in [-0.05, 0) is 31.2 Å². The largest absolute Gasteiger partial charge is 0.468 e. The number of methoxy groups -OCH3 is 1. The van der Waals surface area contributed by atoms with Crippen LogP contribution in [-0.2, 0) is 19.6 Å². The number of para-hydroxylation sites is 1. The van der Waals surface area contributed by atoms with Crippen LogP contribution >= 0.6 is 23.2 Å². The van der Waals surface area contributed by atoms with Crippen molar-refractivity contribution in [1.82, 2.24) is 0 Å². The van der Waals surface area contributed by atoms with Crippen molar-refractivity contribution < 1.29 is 17.9 Å². The van der Waals surface area contributed by atoms with Crippen molar-refractivity contribution in [2.75, 3.05) is 18.0 Å². The monoisotopic (exact) mass is 387 g/mol. The lowest BCUT2D eigenvalue weighted by Gasteiger charge is -2.25. The molecule has 0 bridgehead atoms. The van der Waals surface area contributed by atoms with E-state index < -0.39 is 22.5 Å². The Labute approximate surface area is 150 Å². The summed E-state index contributed by atoms with van der Waals surface area (Å²) in [6.45, 7) is 1.30. The minimum Gasteiger partial charge on any atom is -0.468 e. The number of carbonyl (C=O) groups is 1. The van der Waals surface area contributed by atoms with Gasteiger partial charge in [0.25, 0.3) is 10.0 Å². The molecule has 128 valence electrons. The number of halogens is 2. The fraction of sp³-hybridized carbons (Fsp3) is 0.188. The molecule has 2 rings (SSSR count). The molecule has 0 aliphatic carbocycles. The zero-order valence-corrected chi connectivity index (χ0v) is 15.3. The van der Waals surface area contributed by atoms with Crippen molar-refractivity contribution in [3.8, 4) is 0 Å². The van der Waals surface area contributed by atoms with E-state index in [4.69, 9.17) is 23.2 Å². The molecule has 0 radical (unpaired) electrons. The predicted octanol–water partition coefficient (Wildman–Crippen LogP) is 3.67. The van der Waals surface area contributed by atoms with Crippen LogP contribution in [0, 0.1) is 6.92 Å². The summed E-state index contributed by atoms with van der Waals surface area (Å²) in [4.78, 5) is 11.8. The van der Waals surface area contributed by atoms with E-state index in [9.17, 15) is 13.2 Å². The molecule has 8 heteroatoms. The second-order valence-corrected chi connectivity index (χ2v) is 7.65. The van der Waals surface area contributed by atoms with Crippen molar-refractivity contribution in [1.29, 1.82) is 0 Å². The Morgan fingerprint density at radius 1 is 1.08 bits per heavy atom. The standard InChI is InChI=1S/C16H15Cl2NO4S/c1-11-6-8-12(9-7-11)24(21,22)19(10-15(20)23-2)16-13(17)4-3-5-14(16)18/h3-9H,10H2,1-2H3. The van der Waals surface area contributed by atoms with Crippen LogP contribution in [0.1, 0.15) is 5.56 Å². The van der Waals surface area contributed by atoms with Crippen molar-refractivity contribution in [2.24, 2.45) is 0 Å². The molecule has 0 aliphatic rings. The number of nitrogens with zero attached hydrogens (tertiary/aromatic N) is 1. The zero-order valence-electron chi connectivity index (χ0n) is 13.0. The molecule has 0 aromatic heterocycles. The van der Waals surface area contributed by atoms with Crippen molar-refractivity contribution in [3.63, 3.8) is 0 Å². The van der Waals surface area contributed by atoms with Crippen LogP contribution in [0.3, 0.4) is 0 Å². The van der Waals surface area contributed by atoms with Gasteiger partial charge in [-0.1, -0.05) is 47.0 Å². The third kappa shape index (κ3) is 3.83. The number of ether oxygens (including phenoxy) is 1. The Morgan fingerprint density at radius 3 is 2.12 bits per heavy atom. The van der Waals surface area contributed by atoms with E-state index in [-0.39, 0.29) is 20.6 Å². The predicted molar refractivity (Wildman–Crippen MR) is 94.2 cm³/mol. The van der Waals surface area contributed by atoms with Crippen molar-refractivity contribution >= 4 is 44.9 Å². The van der Waals surface area contributed by atoms with E-state index in [2.05, 4.69) is 4.74 Å². The molecule has 0 N–H and O–H groups in total. The van der Waals surface area contributed by atoms with Gasteiger partial charge in [0.2, 0.25) is 0 Å². The number of carbonyl (C=O) groups excluding carboxylic acids is 1. The first kappa shape index (κ1) is 18.6. The third-order valence-electron chi connectivity index (χ3n) is 3.30. The van der Waals surface area contributed by atoms with Crippen LogP contribution in [0.4, 0.5) is 5.69 Å². The highest BCUT2D eigenvalue weighted by atomic mass is 35.5. The molecule has 2 aromatic carbocycles. The van der Waals surface area contributed by atoms with E-state index in [1.54, 1.807) is 18.2 Å². The molecule has 0 saturated carbocycles. The summed E-state index contributed by atoms with van der Waals surface area (Å²) in [5, 5.41) is 0.226. The average Bonchev–Trinajstić information content (AvgIpc) is 2.53. The van der Waals surface area contributed by atoms with E-state index >= 15 is 0 Å². The van der Waals surface area contributed by atoms with E-state index in [1.165, 1.54) is 31.4 Å². The number of aryl methyl sites for hydroxylation is 1. The van der Waals surface area contributed by atoms with Crippen LogP contribution in [0.5, 0.6) is 0 Å². The summed E-state index contributed by atoms with van der Waals surface area (Å²) >= 11 is 12.3. The highest BCUT2D eigenvalue weighted by Crippen LogP contribution is 2.36. The van der Waals surface area contributed by atoms with Gasteiger partial charge in [-0.2, -0.15) is 0 Å². The van der Waals surface area contributed by atoms with Gasteiger partial charge < -0.3 is 4.74 Å². The lowest BCUT2D eigenvalue weighted by Crippen LogP contribution is -2.36. The van der Waals surface area contributed by atoms with Gasteiger partial charge >= 0.3 is 5.97 Å². The molecule has 0 amide bonds. The first-order valence-corrected chi connectivity index (χ1v) is 9.07. The molecule has 0 fully saturated rings. The minimum absolute atomic E-state index is 0.0213. The summed E-state index contributed by atoms with van der Waals surface area (Å²) < 4.78 is 31.5. The van der Waals surface area contributed by atoms with Crippen LogP contribution in [0.15, 0.2) is 47.4 Å². The van der Waals surface area contributed by atoms with E-state index in [0.717, 1.165) is 9.87 Å². The van der Waals surface area contributed by atoms with Crippen LogP contribution in [-0.4, -0.2) is 28.0 Å². The number of anilines is 1. The lowest BCUT2D eigenvalue weighted by molar-refractivity contribution is -0.138. The van der Waals surface area contributed by atoms with E-state index in [0.29, 0.717) is 0 Å². The molecule has 0 saturated heterocycles. The summed E-state index contributed by atoms with van der Waals surface area (Å²) in [5.74, 6) is -0.735. The Balaban J connectivity index is 2.62. The van der Waals surface area contributed by atoms with Gasteiger partial charge in [-0.25, -0.2) is 8.42 Å². The van der Waals surface area contributed by atoms with Gasteiger partial charge in [0, 0.05) is 0 Å². The van der Waals surface area contributed by atoms with Crippen molar-refractivity contribution in [2.45, 2.75) is 11.8 Å². The summed E-state index contributed by atoms with van der Waals surface area (Å²) in [6, 6.07) is 10.8. The van der Waals surface area contributed by atoms with Crippen LogP contribution in [0.25, 0.3) is 0 Å². The molecule has 0 unspecified atom stereocenters. The van der Waals surface area contributed by atoms with Gasteiger partial charge in [0.15, 0.2) is 0 Å².